The minimum Gasteiger partial charge on any atom is -1.00 e. The van der Waals surface area contributed by atoms with Gasteiger partial charge in [-0.3, -0.25) is 10.3 Å². The van der Waals surface area contributed by atoms with Gasteiger partial charge in [0.25, 0.3) is 5.17 Å². The van der Waals surface area contributed by atoms with E-state index in [9.17, 15) is 0 Å². The minimum absolute atomic E-state index is 0. The normalized spacial score (nSPS) is 9.86. The molecule has 0 bridgehead atoms. The lowest BCUT2D eigenvalue weighted by molar-refractivity contribution is -0.418. The van der Waals surface area contributed by atoms with Gasteiger partial charge in [-0.05, 0) is 0 Å². The van der Waals surface area contributed by atoms with Crippen molar-refractivity contribution in [2.45, 2.75) is 0 Å². The molecule has 0 radical (unpaired) electrons. The van der Waals surface area contributed by atoms with E-state index in [1.165, 1.54) is 0 Å². The Morgan fingerprint density at radius 3 is 2.14 bits per heavy atom. The van der Waals surface area contributed by atoms with Crippen molar-refractivity contribution in [3.8, 4) is 0 Å². The standard InChI is InChI=1S/C3H8N2S.BrH/c1-4-3(6)5-2;/h1-2H3,(H2,4,5,6);1H. The van der Waals surface area contributed by atoms with Gasteiger partial charge >= 0.3 is 0 Å². The van der Waals surface area contributed by atoms with Crippen LogP contribution >= 0.6 is 12.6 Å². The second-order valence-electron chi connectivity index (χ2n) is 0.849. The molecule has 2 N–H and O–H groups in total. The van der Waals surface area contributed by atoms with Crippen molar-refractivity contribution in [2.24, 2.45) is 0 Å². The first-order valence-electron chi connectivity index (χ1n) is 1.72. The second-order valence-corrected chi connectivity index (χ2v) is 1.30. The summed E-state index contributed by atoms with van der Waals surface area (Å²) in [5, 5.41) is 3.57. The molecule has 7 heavy (non-hydrogen) atoms. The number of thiol groups is 1. The third-order valence-electron chi connectivity index (χ3n) is 0.474. The highest BCUT2D eigenvalue weighted by Crippen LogP contribution is 1.57. The van der Waals surface area contributed by atoms with E-state index in [0.717, 1.165) is 5.17 Å². The van der Waals surface area contributed by atoms with Crippen LogP contribution in [0.3, 0.4) is 0 Å². The summed E-state index contributed by atoms with van der Waals surface area (Å²) in [6, 6.07) is 0. The van der Waals surface area contributed by atoms with Gasteiger partial charge in [-0.1, -0.05) is 12.6 Å². The fraction of sp³-hybridized carbons (Fsp3) is 0.667. The van der Waals surface area contributed by atoms with Gasteiger partial charge in [0, 0.05) is 0 Å². The Bertz CT molecular complexity index is 64.0. The first-order chi connectivity index (χ1) is 2.81. The molecule has 44 valence electrons. The van der Waals surface area contributed by atoms with Gasteiger partial charge in [0.2, 0.25) is 0 Å². The highest BCUT2D eigenvalue weighted by molar-refractivity contribution is 7.96. The highest BCUT2D eigenvalue weighted by atomic mass is 79.9. The summed E-state index contributed by atoms with van der Waals surface area (Å²) in [4.78, 5) is 2.78. The Morgan fingerprint density at radius 2 is 2.14 bits per heavy atom. The Kier molecular flexibility index (Phi) is 9.28. The molecule has 4 heteroatoms. The van der Waals surface area contributed by atoms with Crippen LogP contribution in [0.1, 0.15) is 0 Å². The Labute approximate surface area is 59.6 Å². The number of hydrogen-bond donors (Lipinski definition) is 3. The van der Waals surface area contributed by atoms with Crippen LogP contribution in [0.2, 0.25) is 0 Å². The maximum Gasteiger partial charge on any atom is 0.300 e. The SMILES string of the molecule is CNC(S)=[NH+]C.[Br-]. The van der Waals surface area contributed by atoms with Crippen LogP contribution in [0.25, 0.3) is 0 Å². The number of rotatable bonds is 0. The van der Waals surface area contributed by atoms with Crippen LogP contribution < -0.4 is 27.3 Å². The molecule has 0 aliphatic rings. The van der Waals surface area contributed by atoms with E-state index in [2.05, 4.69) is 22.9 Å². The molecule has 0 fully saturated rings. The average molecular weight is 185 g/mol. The average Bonchev–Trinajstić information content (AvgIpc) is 1.65. The lowest BCUT2D eigenvalue weighted by Gasteiger charge is -1.79. The van der Waals surface area contributed by atoms with Crippen molar-refractivity contribution in [3.05, 3.63) is 0 Å². The van der Waals surface area contributed by atoms with Crippen molar-refractivity contribution in [1.29, 1.82) is 0 Å². The van der Waals surface area contributed by atoms with Gasteiger partial charge in [-0.15, -0.1) is 0 Å². The Hall–Kier alpha value is 0.300. The Morgan fingerprint density at radius 1 is 1.71 bits per heavy atom. The van der Waals surface area contributed by atoms with Gasteiger partial charge in [-0.25, -0.2) is 0 Å². The molecule has 2 nitrogen and oxygen atoms in total. The minimum atomic E-state index is 0. The van der Waals surface area contributed by atoms with Gasteiger partial charge < -0.3 is 17.0 Å². The quantitative estimate of drug-likeness (QED) is 0.197. The van der Waals surface area contributed by atoms with Gasteiger partial charge in [0.05, 0.1) is 14.1 Å². The first-order valence-corrected chi connectivity index (χ1v) is 2.17. The zero-order chi connectivity index (χ0) is 4.99. The topological polar surface area (TPSA) is 26.0 Å². The lowest BCUT2D eigenvalue weighted by Crippen LogP contribution is -3.00. The largest absolute Gasteiger partial charge is 1.00 e. The van der Waals surface area contributed by atoms with Crippen LogP contribution in [0.5, 0.6) is 0 Å². The van der Waals surface area contributed by atoms with E-state index in [4.69, 9.17) is 0 Å². The fourth-order valence-electron chi connectivity index (χ4n) is 0.125. The molecule has 0 aromatic rings. The third kappa shape index (κ3) is 6.30. The van der Waals surface area contributed by atoms with E-state index < -0.39 is 0 Å². The summed E-state index contributed by atoms with van der Waals surface area (Å²) in [6.45, 7) is 0. The molecule has 0 aliphatic heterocycles. The summed E-state index contributed by atoms with van der Waals surface area (Å²) in [5.41, 5.74) is 0. The van der Waals surface area contributed by atoms with Crippen molar-refractivity contribution in [1.82, 2.24) is 5.32 Å². The molecule has 0 spiro atoms. The maximum absolute atomic E-state index is 3.92. The van der Waals surface area contributed by atoms with Crippen LogP contribution in [-0.4, -0.2) is 19.3 Å². The molecule has 0 amide bonds. The van der Waals surface area contributed by atoms with Gasteiger partial charge in [0.1, 0.15) is 0 Å². The summed E-state index contributed by atoms with van der Waals surface area (Å²) >= 11 is 3.92. The zero-order valence-corrected chi connectivity index (χ0v) is 6.81. The summed E-state index contributed by atoms with van der Waals surface area (Å²) in [5.74, 6) is 0. The summed E-state index contributed by atoms with van der Waals surface area (Å²) in [6.07, 6.45) is 0. The first kappa shape index (κ1) is 10.3. The second kappa shape index (κ2) is 6.30. The van der Waals surface area contributed by atoms with Gasteiger partial charge in [0.15, 0.2) is 0 Å². The zero-order valence-electron chi connectivity index (χ0n) is 4.33. The summed E-state index contributed by atoms with van der Waals surface area (Å²) < 4.78 is 0. The van der Waals surface area contributed by atoms with E-state index >= 15 is 0 Å². The molecule has 0 heterocycles. The molecule has 0 saturated carbocycles. The maximum atomic E-state index is 3.92. The van der Waals surface area contributed by atoms with E-state index in [1.54, 1.807) is 14.1 Å². The fourth-order valence-corrected chi connectivity index (χ4v) is 0.125. The molecule has 0 unspecified atom stereocenters. The van der Waals surface area contributed by atoms with E-state index in [-0.39, 0.29) is 17.0 Å². The molecule has 0 aromatic heterocycles. The number of nitrogens with one attached hydrogen (secondary N) is 2. The van der Waals surface area contributed by atoms with E-state index in [1.807, 2.05) is 0 Å². The number of halogens is 1. The van der Waals surface area contributed by atoms with Crippen molar-refractivity contribution in [2.75, 3.05) is 14.1 Å². The molecule has 0 aromatic carbocycles. The third-order valence-corrected chi connectivity index (χ3v) is 0.921. The molecule has 0 aliphatic carbocycles. The highest BCUT2D eigenvalue weighted by Gasteiger charge is 1.82. The van der Waals surface area contributed by atoms with Crippen LogP contribution in [-0.2, 0) is 0 Å². The van der Waals surface area contributed by atoms with Crippen molar-refractivity contribution < 1.29 is 22.0 Å². The smallest absolute Gasteiger partial charge is 0.300 e. The summed E-state index contributed by atoms with van der Waals surface area (Å²) in [7, 11) is 3.61. The van der Waals surface area contributed by atoms with E-state index in [0.29, 0.717) is 0 Å². The van der Waals surface area contributed by atoms with Crippen LogP contribution in [0.4, 0.5) is 0 Å². The van der Waals surface area contributed by atoms with Crippen molar-refractivity contribution >= 4 is 17.8 Å². The number of hydrogen-bond acceptors (Lipinski definition) is 0. The Balaban J connectivity index is 0. The van der Waals surface area contributed by atoms with Crippen LogP contribution in [0, 0.1) is 0 Å². The molecule has 0 saturated heterocycles. The van der Waals surface area contributed by atoms with Crippen LogP contribution in [0.15, 0.2) is 0 Å². The van der Waals surface area contributed by atoms with Crippen molar-refractivity contribution in [3.63, 3.8) is 0 Å². The number of amidine groups is 1. The van der Waals surface area contributed by atoms with Gasteiger partial charge in [-0.2, -0.15) is 0 Å². The lowest BCUT2D eigenvalue weighted by atomic mass is 11.1. The molecule has 0 atom stereocenters. The molecule has 0 rings (SSSR count). The molecular weight excluding hydrogens is 176 g/mol. The molecular formula is C3H9BrN2S. The predicted octanol–water partition coefficient (Wildman–Crippen LogP) is -4.79. The predicted molar refractivity (Wildman–Crippen MR) is 29.9 cm³/mol. The monoisotopic (exact) mass is 184 g/mol.